The molecule has 122 valence electrons. The Balaban J connectivity index is 1.84. The number of carbonyl (C=O) groups excluding carboxylic acids is 1. The number of benzene rings is 1. The van der Waals surface area contributed by atoms with Crippen molar-refractivity contribution >= 4 is 27.5 Å². The summed E-state index contributed by atoms with van der Waals surface area (Å²) in [6.45, 7) is 2.92. The molecule has 0 spiro atoms. The molecule has 0 unspecified atom stereocenters. The van der Waals surface area contributed by atoms with Gasteiger partial charge in [0, 0.05) is 26.2 Å². The van der Waals surface area contributed by atoms with E-state index in [9.17, 15) is 13.2 Å². The Kier molecular flexibility index (Phi) is 5.66. The molecule has 8 heteroatoms. The van der Waals surface area contributed by atoms with E-state index in [1.54, 1.807) is 36.1 Å². The Hall–Kier alpha value is -1.31. The summed E-state index contributed by atoms with van der Waals surface area (Å²) in [7, 11) is -3.18. The van der Waals surface area contributed by atoms with Crippen molar-refractivity contribution in [1.29, 1.82) is 0 Å². The van der Waals surface area contributed by atoms with Crippen LogP contribution in [0.2, 0.25) is 5.02 Å². The first-order chi connectivity index (χ1) is 10.4. The van der Waals surface area contributed by atoms with E-state index in [1.165, 1.54) is 4.31 Å². The summed E-state index contributed by atoms with van der Waals surface area (Å²) in [5, 5.41) is 0.453. The Morgan fingerprint density at radius 3 is 2.45 bits per heavy atom. The zero-order valence-electron chi connectivity index (χ0n) is 12.4. The van der Waals surface area contributed by atoms with E-state index in [0.29, 0.717) is 37.0 Å². The first-order valence-corrected chi connectivity index (χ1v) is 9.05. The van der Waals surface area contributed by atoms with Crippen LogP contribution in [0.25, 0.3) is 0 Å². The summed E-state index contributed by atoms with van der Waals surface area (Å²) in [5.41, 5.74) is 0. The van der Waals surface area contributed by atoms with Gasteiger partial charge in [-0.3, -0.25) is 4.79 Å². The molecule has 1 aromatic carbocycles. The monoisotopic (exact) mass is 346 g/mol. The number of hydrogen-bond donors (Lipinski definition) is 0. The van der Waals surface area contributed by atoms with Crippen molar-refractivity contribution < 1.29 is 17.9 Å². The third-order valence-corrected chi connectivity index (χ3v) is 5.73. The second-order valence-corrected chi connectivity index (χ2v) is 7.56. The number of sulfonamides is 1. The molecule has 0 radical (unpaired) electrons. The lowest BCUT2D eigenvalue weighted by molar-refractivity contribution is -0.134. The van der Waals surface area contributed by atoms with Gasteiger partial charge in [0.15, 0.2) is 6.61 Å². The SMILES string of the molecule is CCS(=O)(=O)N1CCN(C(=O)COc2ccccc2Cl)CC1. The summed E-state index contributed by atoms with van der Waals surface area (Å²) in [5.74, 6) is 0.370. The minimum Gasteiger partial charge on any atom is -0.482 e. The summed E-state index contributed by atoms with van der Waals surface area (Å²) >= 11 is 5.96. The quantitative estimate of drug-likeness (QED) is 0.803. The Bertz CT molecular complexity index is 627. The highest BCUT2D eigenvalue weighted by Crippen LogP contribution is 2.23. The van der Waals surface area contributed by atoms with E-state index in [0.717, 1.165) is 0 Å². The molecule has 1 heterocycles. The zero-order chi connectivity index (χ0) is 16.2. The van der Waals surface area contributed by atoms with Crippen LogP contribution in [0.4, 0.5) is 0 Å². The predicted octanol–water partition coefficient (Wildman–Crippen LogP) is 1.21. The van der Waals surface area contributed by atoms with Gasteiger partial charge in [-0.05, 0) is 19.1 Å². The average molecular weight is 347 g/mol. The topological polar surface area (TPSA) is 66.9 Å². The number of hydrogen-bond acceptors (Lipinski definition) is 4. The molecule has 22 heavy (non-hydrogen) atoms. The first-order valence-electron chi connectivity index (χ1n) is 7.07. The van der Waals surface area contributed by atoms with Crippen LogP contribution >= 0.6 is 11.6 Å². The molecule has 2 rings (SSSR count). The molecular formula is C14H19ClN2O4S. The molecule has 1 aliphatic heterocycles. The maximum absolute atomic E-state index is 12.1. The van der Waals surface area contributed by atoms with Gasteiger partial charge in [-0.2, -0.15) is 4.31 Å². The Morgan fingerprint density at radius 2 is 1.86 bits per heavy atom. The van der Waals surface area contributed by atoms with Crippen LogP contribution in [0.3, 0.4) is 0 Å². The molecule has 1 fully saturated rings. The van der Waals surface area contributed by atoms with Crippen molar-refractivity contribution in [1.82, 2.24) is 9.21 Å². The molecule has 0 aliphatic carbocycles. The molecule has 0 aromatic heterocycles. The third kappa shape index (κ3) is 4.12. The van der Waals surface area contributed by atoms with Crippen LogP contribution in [0.15, 0.2) is 24.3 Å². The number of carbonyl (C=O) groups is 1. The van der Waals surface area contributed by atoms with E-state index in [2.05, 4.69) is 0 Å². The number of amides is 1. The van der Waals surface area contributed by atoms with Crippen molar-refractivity contribution in [3.63, 3.8) is 0 Å². The van der Waals surface area contributed by atoms with Gasteiger partial charge in [0.1, 0.15) is 5.75 Å². The average Bonchev–Trinajstić information content (AvgIpc) is 2.54. The minimum absolute atomic E-state index is 0.0799. The van der Waals surface area contributed by atoms with Gasteiger partial charge in [0.25, 0.3) is 5.91 Å². The summed E-state index contributed by atoms with van der Waals surface area (Å²) in [4.78, 5) is 13.7. The van der Waals surface area contributed by atoms with Gasteiger partial charge >= 0.3 is 0 Å². The number of para-hydroxylation sites is 1. The largest absolute Gasteiger partial charge is 0.482 e. The van der Waals surface area contributed by atoms with Crippen LogP contribution in [-0.2, 0) is 14.8 Å². The van der Waals surface area contributed by atoms with Crippen molar-refractivity contribution in [2.75, 3.05) is 38.5 Å². The van der Waals surface area contributed by atoms with Crippen molar-refractivity contribution in [2.24, 2.45) is 0 Å². The van der Waals surface area contributed by atoms with Gasteiger partial charge in [-0.15, -0.1) is 0 Å². The van der Waals surface area contributed by atoms with Gasteiger partial charge in [0.05, 0.1) is 10.8 Å². The molecule has 1 amide bonds. The molecule has 1 aromatic rings. The predicted molar refractivity (Wildman–Crippen MR) is 84.6 cm³/mol. The normalized spacial score (nSPS) is 16.5. The van der Waals surface area contributed by atoms with E-state index in [-0.39, 0.29) is 18.3 Å². The number of ether oxygens (including phenoxy) is 1. The molecule has 0 atom stereocenters. The minimum atomic E-state index is -3.18. The van der Waals surface area contributed by atoms with Gasteiger partial charge < -0.3 is 9.64 Å². The van der Waals surface area contributed by atoms with Crippen LogP contribution in [-0.4, -0.2) is 62.1 Å². The third-order valence-electron chi connectivity index (χ3n) is 3.54. The van der Waals surface area contributed by atoms with Crippen LogP contribution in [0.1, 0.15) is 6.92 Å². The van der Waals surface area contributed by atoms with E-state index in [4.69, 9.17) is 16.3 Å². The number of halogens is 1. The molecule has 0 saturated carbocycles. The van der Waals surface area contributed by atoms with Crippen LogP contribution < -0.4 is 4.74 Å². The fourth-order valence-electron chi connectivity index (χ4n) is 2.19. The van der Waals surface area contributed by atoms with Crippen molar-refractivity contribution in [3.05, 3.63) is 29.3 Å². The van der Waals surface area contributed by atoms with Gasteiger partial charge in [0.2, 0.25) is 10.0 Å². The number of piperazine rings is 1. The molecule has 0 N–H and O–H groups in total. The standard InChI is InChI=1S/C14H19ClN2O4S/c1-2-22(19,20)17-9-7-16(8-10-17)14(18)11-21-13-6-4-3-5-12(13)15/h3-6H,2,7-11H2,1H3. The second kappa shape index (κ2) is 7.30. The zero-order valence-corrected chi connectivity index (χ0v) is 13.9. The fourth-order valence-corrected chi connectivity index (χ4v) is 3.47. The maximum atomic E-state index is 12.1. The van der Waals surface area contributed by atoms with Gasteiger partial charge in [-0.1, -0.05) is 23.7 Å². The summed E-state index contributed by atoms with van der Waals surface area (Å²) < 4.78 is 30.4. The number of nitrogens with zero attached hydrogens (tertiary/aromatic N) is 2. The molecular weight excluding hydrogens is 328 g/mol. The highest BCUT2D eigenvalue weighted by molar-refractivity contribution is 7.89. The lowest BCUT2D eigenvalue weighted by Crippen LogP contribution is -2.51. The maximum Gasteiger partial charge on any atom is 0.260 e. The van der Waals surface area contributed by atoms with Gasteiger partial charge in [-0.25, -0.2) is 8.42 Å². The van der Waals surface area contributed by atoms with Crippen molar-refractivity contribution in [3.8, 4) is 5.75 Å². The van der Waals surface area contributed by atoms with Crippen LogP contribution in [0, 0.1) is 0 Å². The molecule has 1 aliphatic rings. The smallest absolute Gasteiger partial charge is 0.260 e. The highest BCUT2D eigenvalue weighted by Gasteiger charge is 2.27. The van der Waals surface area contributed by atoms with Crippen molar-refractivity contribution in [2.45, 2.75) is 6.92 Å². The van der Waals surface area contributed by atoms with E-state index in [1.807, 2.05) is 0 Å². The van der Waals surface area contributed by atoms with E-state index < -0.39 is 10.0 Å². The Labute approximate surface area is 135 Å². The fraction of sp³-hybridized carbons (Fsp3) is 0.500. The Morgan fingerprint density at radius 1 is 1.23 bits per heavy atom. The highest BCUT2D eigenvalue weighted by atomic mass is 35.5. The second-order valence-electron chi connectivity index (χ2n) is 4.90. The molecule has 6 nitrogen and oxygen atoms in total. The molecule has 0 bridgehead atoms. The van der Waals surface area contributed by atoms with Crippen LogP contribution in [0.5, 0.6) is 5.75 Å². The summed E-state index contributed by atoms with van der Waals surface area (Å²) in [6.07, 6.45) is 0. The summed E-state index contributed by atoms with van der Waals surface area (Å²) in [6, 6.07) is 6.95. The lowest BCUT2D eigenvalue weighted by atomic mass is 10.3. The lowest BCUT2D eigenvalue weighted by Gasteiger charge is -2.33. The molecule has 1 saturated heterocycles. The number of rotatable bonds is 5. The first kappa shape index (κ1) is 17.1. The van der Waals surface area contributed by atoms with E-state index >= 15 is 0 Å².